The molecule has 4 saturated heterocycles. The second-order valence-electron chi connectivity index (χ2n) is 18.2. The van der Waals surface area contributed by atoms with Crippen LogP contribution in [-0.2, 0) is 134 Å². The van der Waals surface area contributed by atoms with Crippen molar-refractivity contribution >= 4 is 95.0 Å². The lowest BCUT2D eigenvalue weighted by Gasteiger charge is -2.33. The van der Waals surface area contributed by atoms with E-state index in [0.717, 1.165) is 0 Å². The van der Waals surface area contributed by atoms with Gasteiger partial charge in [-0.3, -0.25) is 57.5 Å². The number of amides is 8. The summed E-state index contributed by atoms with van der Waals surface area (Å²) in [6.45, 7) is -1.14. The number of rotatable bonds is 40. The Labute approximate surface area is 461 Å². The zero-order chi connectivity index (χ0) is 59.2. The Morgan fingerprint density at radius 1 is 0.272 bits per heavy atom. The third-order valence-corrected chi connectivity index (χ3v) is 11.3. The molecule has 4 fully saturated rings. The highest BCUT2D eigenvalue weighted by molar-refractivity contribution is 6.03. The van der Waals surface area contributed by atoms with Crippen LogP contribution >= 0.6 is 0 Å². The molecule has 0 spiro atoms. The molecule has 8 amide bonds. The van der Waals surface area contributed by atoms with Crippen molar-refractivity contribution in [3.8, 4) is 0 Å². The van der Waals surface area contributed by atoms with Crippen LogP contribution in [0.3, 0.4) is 0 Å². The molecule has 0 atom stereocenters. The van der Waals surface area contributed by atoms with E-state index in [4.69, 9.17) is 57.2 Å². The summed E-state index contributed by atoms with van der Waals surface area (Å²) in [4.78, 5) is 210. The second-order valence-corrected chi connectivity index (χ2v) is 18.2. The van der Waals surface area contributed by atoms with Crippen LogP contribution in [0.15, 0.2) is 0 Å². The first kappa shape index (κ1) is 65.7. The molecule has 0 unspecified atom stereocenters. The van der Waals surface area contributed by atoms with Crippen LogP contribution in [0.4, 0.5) is 0 Å². The van der Waals surface area contributed by atoms with Gasteiger partial charge in [0, 0.05) is 103 Å². The third kappa shape index (κ3) is 24.6. The van der Waals surface area contributed by atoms with Crippen molar-refractivity contribution in [3.63, 3.8) is 0 Å². The highest BCUT2D eigenvalue weighted by atomic mass is 16.7. The SMILES string of the molecule is O=C(CCC(=O)ON1C(=O)CCC1=O)OCCCOCC(COCCCOC(=O)CCC(=O)ON1C(=O)CCC1=O)(COCCCOC(=O)CCC(=O)ON1C(=O)CCC1=O)COCCCOC(=O)CCC(=O)ON1C(=O)CCC1=O. The van der Waals surface area contributed by atoms with Gasteiger partial charge in [-0.2, -0.15) is 0 Å². The topological polar surface area (TPSA) is 397 Å². The summed E-state index contributed by atoms with van der Waals surface area (Å²) in [5.41, 5.74) is -1.13. The second kappa shape index (κ2) is 35.0. The van der Waals surface area contributed by atoms with Crippen LogP contribution in [-0.4, -0.2) is 195 Å². The van der Waals surface area contributed by atoms with Gasteiger partial charge in [0.05, 0.1) is 110 Å². The number of ether oxygens (including phenoxy) is 8. The highest BCUT2D eigenvalue weighted by Crippen LogP contribution is 2.23. The minimum Gasteiger partial charge on any atom is -0.466 e. The molecule has 0 aromatic rings. The number of hydrogen-bond donors (Lipinski definition) is 0. The van der Waals surface area contributed by atoms with Crippen LogP contribution in [0, 0.1) is 5.41 Å². The molecule has 32 nitrogen and oxygen atoms in total. The minimum atomic E-state index is -1.13. The standard InChI is InChI=1S/C49H64N4O28/c54-33-5-6-34(55)50(33)78-45(66)17-13-41(62)74-25-1-21-70-29-49(30-71-22-2-26-75-42(63)14-18-46(67)79-51-35(56)7-8-36(51)57,31-72-23-3-27-76-43(64)15-19-47(68)80-52-37(58)9-10-38(52)59)32-73-24-4-28-77-44(65)16-20-48(69)81-53-39(60)11-12-40(53)61/h1-32H2. The highest BCUT2D eigenvalue weighted by Gasteiger charge is 2.37. The van der Waals surface area contributed by atoms with Gasteiger partial charge in [-0.05, 0) is 0 Å². The Morgan fingerprint density at radius 3 is 0.630 bits per heavy atom. The first-order valence-corrected chi connectivity index (χ1v) is 26.0. The summed E-state index contributed by atoms with van der Waals surface area (Å²) in [5.74, 6) is -12.5. The molecule has 0 radical (unpaired) electrons. The van der Waals surface area contributed by atoms with Crippen molar-refractivity contribution in [2.45, 2.75) is 128 Å². The Bertz CT molecular complexity index is 1960. The van der Waals surface area contributed by atoms with Gasteiger partial charge in [0.15, 0.2) is 0 Å². The average molecular weight is 1160 g/mol. The molecule has 0 aromatic carbocycles. The Kier molecular flexibility index (Phi) is 28.4. The molecule has 448 valence electrons. The van der Waals surface area contributed by atoms with Crippen LogP contribution in [0.25, 0.3) is 0 Å². The van der Waals surface area contributed by atoms with Crippen LogP contribution in [0.5, 0.6) is 0 Å². The molecule has 4 rings (SSSR count). The van der Waals surface area contributed by atoms with Gasteiger partial charge < -0.3 is 57.2 Å². The van der Waals surface area contributed by atoms with Gasteiger partial charge in [0.1, 0.15) is 0 Å². The molecule has 0 bridgehead atoms. The molecule has 32 heteroatoms. The lowest BCUT2D eigenvalue weighted by molar-refractivity contribution is -0.197. The van der Waals surface area contributed by atoms with E-state index in [-0.39, 0.29) is 156 Å². The fourth-order valence-electron chi connectivity index (χ4n) is 7.12. The zero-order valence-corrected chi connectivity index (χ0v) is 44.3. The van der Waals surface area contributed by atoms with Crippen molar-refractivity contribution in [2.24, 2.45) is 5.41 Å². The van der Waals surface area contributed by atoms with Gasteiger partial charge in [-0.25, -0.2) is 19.2 Å². The lowest BCUT2D eigenvalue weighted by atomic mass is 9.92. The first-order valence-electron chi connectivity index (χ1n) is 26.0. The van der Waals surface area contributed by atoms with E-state index < -0.39 is 152 Å². The molecule has 81 heavy (non-hydrogen) atoms. The fourth-order valence-corrected chi connectivity index (χ4v) is 7.12. The molecule has 4 aliphatic heterocycles. The van der Waals surface area contributed by atoms with Crippen LogP contribution in [0.2, 0.25) is 0 Å². The summed E-state index contributed by atoms with van der Waals surface area (Å²) < 4.78 is 44.6. The fraction of sp³-hybridized carbons (Fsp3) is 0.673. The maximum Gasteiger partial charge on any atom is 0.333 e. The van der Waals surface area contributed by atoms with E-state index >= 15 is 0 Å². The first-order chi connectivity index (χ1) is 38.7. The van der Waals surface area contributed by atoms with Crippen LogP contribution < -0.4 is 0 Å². The molecule has 0 aromatic heterocycles. The van der Waals surface area contributed by atoms with Gasteiger partial charge >= 0.3 is 47.8 Å². The van der Waals surface area contributed by atoms with E-state index in [0.29, 0.717) is 20.3 Å². The van der Waals surface area contributed by atoms with E-state index in [2.05, 4.69) is 0 Å². The van der Waals surface area contributed by atoms with Gasteiger partial charge in [0.25, 0.3) is 47.3 Å². The maximum atomic E-state index is 12.3. The van der Waals surface area contributed by atoms with Crippen molar-refractivity contribution in [1.82, 2.24) is 20.3 Å². The number of nitrogens with zero attached hydrogens (tertiary/aromatic N) is 4. The normalized spacial score (nSPS) is 15.4. The Hall–Kier alpha value is -7.84. The third-order valence-electron chi connectivity index (χ3n) is 11.3. The molecule has 0 saturated carbocycles. The van der Waals surface area contributed by atoms with Crippen molar-refractivity contribution < 1.29 is 134 Å². The van der Waals surface area contributed by atoms with E-state index in [1.54, 1.807) is 0 Å². The molecule has 4 heterocycles. The average Bonchev–Trinajstić information content (AvgIpc) is 4.18. The molecule has 4 aliphatic rings. The molecular formula is C49H64N4O28. The quantitative estimate of drug-likeness (QED) is 0.0317. The largest absolute Gasteiger partial charge is 0.466 e. The van der Waals surface area contributed by atoms with E-state index in [9.17, 15) is 76.7 Å². The molecule has 0 N–H and O–H groups in total. The maximum absolute atomic E-state index is 12.3. The van der Waals surface area contributed by atoms with Crippen molar-refractivity contribution in [3.05, 3.63) is 0 Å². The number of hydrogen-bond acceptors (Lipinski definition) is 28. The summed E-state index contributed by atoms with van der Waals surface area (Å²) in [6.07, 6.45) is -3.78. The summed E-state index contributed by atoms with van der Waals surface area (Å²) in [5, 5.41) is 1.43. The number of carbonyl (C=O) groups excluding carboxylic acids is 16. The van der Waals surface area contributed by atoms with E-state index in [1.807, 2.05) is 0 Å². The number of hydroxylamine groups is 8. The predicted octanol–water partition coefficient (Wildman–Crippen LogP) is -0.678. The van der Waals surface area contributed by atoms with Gasteiger partial charge in [-0.15, -0.1) is 20.3 Å². The predicted molar refractivity (Wildman–Crippen MR) is 254 cm³/mol. The minimum absolute atomic E-state index is 0.00726. The molecular weight excluding hydrogens is 1090 g/mol. The number of esters is 4. The smallest absolute Gasteiger partial charge is 0.333 e. The zero-order valence-electron chi connectivity index (χ0n) is 44.3. The summed E-state index contributed by atoms with van der Waals surface area (Å²) >= 11 is 0. The van der Waals surface area contributed by atoms with E-state index in [1.165, 1.54) is 0 Å². The Morgan fingerprint density at radius 2 is 0.444 bits per heavy atom. The summed E-state index contributed by atoms with van der Waals surface area (Å²) in [7, 11) is 0. The molecule has 0 aliphatic carbocycles. The summed E-state index contributed by atoms with van der Waals surface area (Å²) in [6, 6.07) is 0. The van der Waals surface area contributed by atoms with Crippen molar-refractivity contribution in [2.75, 3.05) is 79.3 Å². The Balaban J connectivity index is 1.28. The van der Waals surface area contributed by atoms with Crippen molar-refractivity contribution in [1.29, 1.82) is 0 Å². The van der Waals surface area contributed by atoms with Crippen LogP contribution in [0.1, 0.15) is 128 Å². The number of carbonyl (C=O) groups is 16. The lowest BCUT2D eigenvalue weighted by Crippen LogP contribution is -2.42. The van der Waals surface area contributed by atoms with Gasteiger partial charge in [0.2, 0.25) is 0 Å². The number of imide groups is 4. The monoisotopic (exact) mass is 1160 g/mol. The van der Waals surface area contributed by atoms with Gasteiger partial charge in [-0.1, -0.05) is 0 Å².